The Hall–Kier alpha value is -2.63. The van der Waals surface area contributed by atoms with Gasteiger partial charge in [-0.15, -0.1) is 0 Å². The van der Waals surface area contributed by atoms with E-state index in [2.05, 4.69) is 5.16 Å². The summed E-state index contributed by atoms with van der Waals surface area (Å²) in [5.41, 5.74) is 2.64. The van der Waals surface area contributed by atoms with Crippen LogP contribution in [-0.4, -0.2) is 33.1 Å². The summed E-state index contributed by atoms with van der Waals surface area (Å²) >= 11 is 0. The number of aliphatic carboxylic acids is 1. The number of rotatable bonds is 4. The first-order chi connectivity index (χ1) is 11.5. The lowest BCUT2D eigenvalue weighted by molar-refractivity contribution is -0.142. The Kier molecular flexibility index (Phi) is 4.38. The number of amides is 1. The summed E-state index contributed by atoms with van der Waals surface area (Å²) in [7, 11) is 0. The molecular weight excluding hydrogens is 308 g/mol. The van der Waals surface area contributed by atoms with Crippen molar-refractivity contribution in [3.63, 3.8) is 0 Å². The predicted molar refractivity (Wildman–Crippen MR) is 86.7 cm³/mol. The van der Waals surface area contributed by atoms with E-state index in [1.165, 1.54) is 4.90 Å². The molecule has 0 saturated carbocycles. The van der Waals surface area contributed by atoms with E-state index in [9.17, 15) is 14.7 Å². The number of carbonyl (C=O) groups is 2. The van der Waals surface area contributed by atoms with Crippen molar-refractivity contribution in [2.75, 3.05) is 0 Å². The molecule has 2 aromatic rings. The standard InChI is InChI=1S/C18H20N2O4/c1-3-11(2)14-9-16(24-19-14)17(21)20-10-13-7-5-4-6-12(13)8-15(20)18(22)23/h4-7,9,11,15H,3,8,10H2,1-2H3,(H,22,23)/t11-,15+/m1/s1. The highest BCUT2D eigenvalue weighted by Gasteiger charge is 2.36. The molecule has 2 atom stereocenters. The summed E-state index contributed by atoms with van der Waals surface area (Å²) in [6, 6.07) is 8.31. The quantitative estimate of drug-likeness (QED) is 0.933. The van der Waals surface area contributed by atoms with E-state index in [0.717, 1.165) is 17.5 Å². The fourth-order valence-electron chi connectivity index (χ4n) is 2.93. The van der Waals surface area contributed by atoms with Crippen LogP contribution in [0.1, 0.15) is 53.6 Å². The van der Waals surface area contributed by atoms with Gasteiger partial charge in [0.25, 0.3) is 5.91 Å². The lowest BCUT2D eigenvalue weighted by atomic mass is 9.93. The molecular formula is C18H20N2O4. The normalized spacial score (nSPS) is 18.1. The van der Waals surface area contributed by atoms with Gasteiger partial charge in [-0.1, -0.05) is 43.3 Å². The Balaban J connectivity index is 1.90. The van der Waals surface area contributed by atoms with Crippen molar-refractivity contribution in [1.82, 2.24) is 10.1 Å². The zero-order valence-electron chi connectivity index (χ0n) is 13.7. The van der Waals surface area contributed by atoms with Gasteiger partial charge in [0.15, 0.2) is 0 Å². The van der Waals surface area contributed by atoms with E-state index in [1.807, 2.05) is 38.1 Å². The number of hydrogen-bond acceptors (Lipinski definition) is 4. The highest BCUT2D eigenvalue weighted by atomic mass is 16.5. The molecule has 0 bridgehead atoms. The first-order valence-electron chi connectivity index (χ1n) is 8.08. The van der Waals surface area contributed by atoms with Crippen LogP contribution in [0.5, 0.6) is 0 Å². The van der Waals surface area contributed by atoms with Gasteiger partial charge in [0, 0.05) is 24.9 Å². The van der Waals surface area contributed by atoms with E-state index < -0.39 is 17.9 Å². The van der Waals surface area contributed by atoms with Crippen LogP contribution in [0, 0.1) is 0 Å². The number of aromatic nitrogens is 1. The Morgan fingerprint density at radius 1 is 1.38 bits per heavy atom. The van der Waals surface area contributed by atoms with Crippen LogP contribution in [0.15, 0.2) is 34.9 Å². The third kappa shape index (κ3) is 2.91. The van der Waals surface area contributed by atoms with Crippen LogP contribution in [-0.2, 0) is 17.8 Å². The summed E-state index contributed by atoms with van der Waals surface area (Å²) in [5.74, 6) is -1.16. The highest BCUT2D eigenvalue weighted by molar-refractivity contribution is 5.94. The minimum atomic E-state index is -1.01. The fraction of sp³-hybridized carbons (Fsp3) is 0.389. The number of carboxylic acid groups (broad SMARTS) is 1. The third-order valence-electron chi connectivity index (χ3n) is 4.65. The molecule has 0 radical (unpaired) electrons. The van der Waals surface area contributed by atoms with E-state index >= 15 is 0 Å². The number of benzene rings is 1. The maximum atomic E-state index is 12.8. The summed E-state index contributed by atoms with van der Waals surface area (Å²) in [5, 5.41) is 13.5. The van der Waals surface area contributed by atoms with Gasteiger partial charge in [0.1, 0.15) is 6.04 Å². The fourth-order valence-corrected chi connectivity index (χ4v) is 2.93. The average molecular weight is 328 g/mol. The van der Waals surface area contributed by atoms with E-state index in [1.54, 1.807) is 6.07 Å². The molecule has 0 aliphatic carbocycles. The zero-order chi connectivity index (χ0) is 17.3. The van der Waals surface area contributed by atoms with Gasteiger partial charge in [-0.05, 0) is 17.5 Å². The number of hydrogen-bond donors (Lipinski definition) is 1. The first-order valence-corrected chi connectivity index (χ1v) is 8.08. The molecule has 1 aliphatic heterocycles. The first kappa shape index (κ1) is 16.2. The van der Waals surface area contributed by atoms with Gasteiger partial charge in [-0.3, -0.25) is 4.79 Å². The smallest absolute Gasteiger partial charge is 0.326 e. The largest absolute Gasteiger partial charge is 0.480 e. The number of carboxylic acids is 1. The molecule has 0 saturated heterocycles. The number of carbonyl (C=O) groups excluding carboxylic acids is 1. The minimum Gasteiger partial charge on any atom is -0.480 e. The molecule has 3 rings (SSSR count). The molecule has 0 spiro atoms. The Labute approximate surface area is 140 Å². The van der Waals surface area contributed by atoms with Gasteiger partial charge in [-0.25, -0.2) is 4.79 Å². The lowest BCUT2D eigenvalue weighted by Gasteiger charge is -2.33. The highest BCUT2D eigenvalue weighted by Crippen LogP contribution is 2.26. The van der Waals surface area contributed by atoms with Crippen molar-refractivity contribution in [1.29, 1.82) is 0 Å². The second kappa shape index (κ2) is 6.47. The molecule has 1 aliphatic rings. The zero-order valence-corrected chi connectivity index (χ0v) is 13.7. The molecule has 0 fully saturated rings. The maximum Gasteiger partial charge on any atom is 0.326 e. The Bertz CT molecular complexity index is 768. The van der Waals surface area contributed by atoms with E-state index in [0.29, 0.717) is 12.1 Å². The SMILES string of the molecule is CC[C@@H](C)c1cc(C(=O)N2Cc3ccccc3C[C@H]2C(=O)O)on1. The van der Waals surface area contributed by atoms with Gasteiger partial charge >= 0.3 is 5.97 Å². The van der Waals surface area contributed by atoms with Crippen molar-refractivity contribution in [2.45, 2.75) is 45.2 Å². The molecule has 2 heterocycles. The summed E-state index contributed by atoms with van der Waals surface area (Å²) in [6.07, 6.45) is 1.18. The summed E-state index contributed by atoms with van der Waals surface area (Å²) in [4.78, 5) is 25.8. The number of nitrogens with zero attached hydrogens (tertiary/aromatic N) is 2. The topological polar surface area (TPSA) is 83.6 Å². The van der Waals surface area contributed by atoms with Gasteiger partial charge in [-0.2, -0.15) is 0 Å². The second-order valence-electron chi connectivity index (χ2n) is 6.19. The molecule has 6 nitrogen and oxygen atoms in total. The van der Waals surface area contributed by atoms with Crippen molar-refractivity contribution < 1.29 is 19.2 Å². The maximum absolute atomic E-state index is 12.8. The monoisotopic (exact) mass is 328 g/mol. The Morgan fingerprint density at radius 2 is 2.08 bits per heavy atom. The van der Waals surface area contributed by atoms with Crippen LogP contribution >= 0.6 is 0 Å². The molecule has 6 heteroatoms. The molecule has 0 unspecified atom stereocenters. The van der Waals surface area contributed by atoms with Crippen LogP contribution in [0.2, 0.25) is 0 Å². The number of fused-ring (bicyclic) bond motifs is 1. The van der Waals surface area contributed by atoms with Crippen LogP contribution < -0.4 is 0 Å². The van der Waals surface area contributed by atoms with Crippen molar-refractivity contribution >= 4 is 11.9 Å². The van der Waals surface area contributed by atoms with E-state index in [-0.39, 0.29) is 18.2 Å². The summed E-state index contributed by atoms with van der Waals surface area (Å²) < 4.78 is 5.18. The van der Waals surface area contributed by atoms with Crippen molar-refractivity contribution in [3.05, 3.63) is 52.9 Å². The molecule has 1 aromatic heterocycles. The van der Waals surface area contributed by atoms with Crippen molar-refractivity contribution in [3.8, 4) is 0 Å². The third-order valence-corrected chi connectivity index (χ3v) is 4.65. The molecule has 24 heavy (non-hydrogen) atoms. The van der Waals surface area contributed by atoms with Crippen LogP contribution in [0.3, 0.4) is 0 Å². The molecule has 126 valence electrons. The predicted octanol–water partition coefficient (Wildman–Crippen LogP) is 2.84. The van der Waals surface area contributed by atoms with E-state index in [4.69, 9.17) is 4.52 Å². The second-order valence-corrected chi connectivity index (χ2v) is 6.19. The van der Waals surface area contributed by atoms with Crippen molar-refractivity contribution in [2.24, 2.45) is 0 Å². The average Bonchev–Trinajstić information content (AvgIpc) is 3.09. The molecule has 1 amide bonds. The molecule has 1 aromatic carbocycles. The van der Waals surface area contributed by atoms with Crippen LogP contribution in [0.4, 0.5) is 0 Å². The van der Waals surface area contributed by atoms with Crippen LogP contribution in [0.25, 0.3) is 0 Å². The molecule has 1 N–H and O–H groups in total. The van der Waals surface area contributed by atoms with Gasteiger partial charge < -0.3 is 14.5 Å². The minimum absolute atomic E-state index is 0.0935. The Morgan fingerprint density at radius 3 is 2.75 bits per heavy atom. The summed E-state index contributed by atoms with van der Waals surface area (Å²) in [6.45, 7) is 4.29. The lowest BCUT2D eigenvalue weighted by Crippen LogP contribution is -2.48. The van der Waals surface area contributed by atoms with Gasteiger partial charge in [0.2, 0.25) is 5.76 Å². The van der Waals surface area contributed by atoms with Gasteiger partial charge in [0.05, 0.1) is 5.69 Å².